The minimum absolute atomic E-state index is 0.109. The van der Waals surface area contributed by atoms with Gasteiger partial charge in [-0.3, -0.25) is 14.4 Å². The van der Waals surface area contributed by atoms with Gasteiger partial charge in [0.25, 0.3) is 0 Å². The van der Waals surface area contributed by atoms with E-state index in [2.05, 4.69) is 99.8 Å². The zero-order chi connectivity index (χ0) is 42.3. The van der Waals surface area contributed by atoms with Crippen LogP contribution in [0.15, 0.2) is 97.2 Å². The zero-order valence-corrected chi connectivity index (χ0v) is 37.3. The van der Waals surface area contributed by atoms with Crippen molar-refractivity contribution in [1.82, 2.24) is 0 Å². The second-order valence-electron chi connectivity index (χ2n) is 15.0. The van der Waals surface area contributed by atoms with E-state index in [1.165, 1.54) is 51.4 Å². The molecule has 1 unspecified atom stereocenters. The number of hydrogen-bond acceptors (Lipinski definition) is 6. The highest BCUT2D eigenvalue weighted by molar-refractivity contribution is 5.71. The molecule has 0 rings (SSSR count). The maximum absolute atomic E-state index is 12.7. The van der Waals surface area contributed by atoms with E-state index in [1.54, 1.807) is 0 Å². The van der Waals surface area contributed by atoms with Crippen LogP contribution in [-0.2, 0) is 28.6 Å². The number of carbonyl (C=O) groups is 3. The third-order valence-corrected chi connectivity index (χ3v) is 9.41. The molecule has 0 fully saturated rings. The summed E-state index contributed by atoms with van der Waals surface area (Å²) in [5, 5.41) is 0. The lowest BCUT2D eigenvalue weighted by atomic mass is 10.1. The van der Waals surface area contributed by atoms with Gasteiger partial charge in [0.1, 0.15) is 13.2 Å². The van der Waals surface area contributed by atoms with Crippen molar-refractivity contribution in [3.05, 3.63) is 97.2 Å². The van der Waals surface area contributed by atoms with E-state index in [9.17, 15) is 14.4 Å². The quantitative estimate of drug-likeness (QED) is 0.0202. The smallest absolute Gasteiger partial charge is 0.306 e. The average molecular weight is 805 g/mol. The van der Waals surface area contributed by atoms with Crippen molar-refractivity contribution >= 4 is 17.9 Å². The molecule has 6 heteroatoms. The summed E-state index contributed by atoms with van der Waals surface area (Å²) in [4.78, 5) is 37.7. The molecule has 6 nitrogen and oxygen atoms in total. The molecule has 1 atom stereocenters. The van der Waals surface area contributed by atoms with E-state index in [4.69, 9.17) is 14.2 Å². The number of esters is 3. The van der Waals surface area contributed by atoms with Crippen LogP contribution < -0.4 is 0 Å². The van der Waals surface area contributed by atoms with Gasteiger partial charge in [-0.05, 0) is 70.6 Å². The molecule has 0 amide bonds. The van der Waals surface area contributed by atoms with Crippen LogP contribution in [0.2, 0.25) is 0 Å². The normalized spacial score (nSPS) is 12.9. The molecular weight excluding hydrogens is 721 g/mol. The second-order valence-corrected chi connectivity index (χ2v) is 15.0. The summed E-state index contributed by atoms with van der Waals surface area (Å²) >= 11 is 0. The van der Waals surface area contributed by atoms with Gasteiger partial charge in [0, 0.05) is 19.3 Å². The van der Waals surface area contributed by atoms with Crippen LogP contribution in [0.3, 0.4) is 0 Å². The highest BCUT2D eigenvalue weighted by Gasteiger charge is 2.19. The maximum Gasteiger partial charge on any atom is 0.306 e. The largest absolute Gasteiger partial charge is 0.462 e. The van der Waals surface area contributed by atoms with Crippen molar-refractivity contribution in [2.24, 2.45) is 0 Å². The first kappa shape index (κ1) is 54.3. The van der Waals surface area contributed by atoms with Gasteiger partial charge in [-0.2, -0.15) is 0 Å². The van der Waals surface area contributed by atoms with E-state index in [-0.39, 0.29) is 44.0 Å². The van der Waals surface area contributed by atoms with E-state index < -0.39 is 6.10 Å². The number of rotatable bonds is 40. The molecule has 0 radical (unpaired) electrons. The lowest BCUT2D eigenvalue weighted by Crippen LogP contribution is -2.30. The molecule has 58 heavy (non-hydrogen) atoms. The van der Waals surface area contributed by atoms with Crippen molar-refractivity contribution in [3.63, 3.8) is 0 Å². The van der Waals surface area contributed by atoms with Crippen LogP contribution in [0.5, 0.6) is 0 Å². The van der Waals surface area contributed by atoms with Crippen LogP contribution in [0, 0.1) is 0 Å². The van der Waals surface area contributed by atoms with Gasteiger partial charge in [-0.1, -0.05) is 201 Å². The Balaban J connectivity index is 4.54. The van der Waals surface area contributed by atoms with Gasteiger partial charge >= 0.3 is 17.9 Å². The highest BCUT2D eigenvalue weighted by Crippen LogP contribution is 2.13. The van der Waals surface area contributed by atoms with Crippen molar-refractivity contribution < 1.29 is 28.6 Å². The SMILES string of the molecule is CC\C=C/C=C\C=C/CCCCCCCC(=O)OC(COC(=O)CC/C=C\C/C=C\C/C=C\C/C=C\C/C=C\CC)COC(=O)CCCCCCCCCCCCC. The predicted octanol–water partition coefficient (Wildman–Crippen LogP) is 15.0. The molecule has 0 saturated heterocycles. The summed E-state index contributed by atoms with van der Waals surface area (Å²) in [6.07, 6.45) is 59.7. The van der Waals surface area contributed by atoms with E-state index in [0.717, 1.165) is 96.3 Å². The van der Waals surface area contributed by atoms with Crippen LogP contribution in [-0.4, -0.2) is 37.2 Å². The first-order valence-electron chi connectivity index (χ1n) is 23.3. The number of carbonyl (C=O) groups excluding carboxylic acids is 3. The van der Waals surface area contributed by atoms with Crippen LogP contribution >= 0.6 is 0 Å². The van der Waals surface area contributed by atoms with Crippen molar-refractivity contribution in [2.45, 2.75) is 200 Å². The molecule has 0 aliphatic rings. The Bertz CT molecular complexity index is 1200. The van der Waals surface area contributed by atoms with Gasteiger partial charge in [0.15, 0.2) is 6.10 Å². The Morgan fingerprint density at radius 1 is 0.379 bits per heavy atom. The topological polar surface area (TPSA) is 78.9 Å². The molecule has 0 aliphatic heterocycles. The summed E-state index contributed by atoms with van der Waals surface area (Å²) in [5.41, 5.74) is 0. The van der Waals surface area contributed by atoms with E-state index >= 15 is 0 Å². The third-order valence-electron chi connectivity index (χ3n) is 9.41. The summed E-state index contributed by atoms with van der Waals surface area (Å²) in [7, 11) is 0. The lowest BCUT2D eigenvalue weighted by molar-refractivity contribution is -0.166. The Hall–Kier alpha value is -3.67. The maximum atomic E-state index is 12.7. The number of allylic oxidation sites excluding steroid dienone is 16. The molecule has 0 aromatic heterocycles. The molecule has 0 N–H and O–H groups in total. The van der Waals surface area contributed by atoms with Gasteiger partial charge in [-0.15, -0.1) is 0 Å². The molecule has 0 aliphatic carbocycles. The van der Waals surface area contributed by atoms with Crippen molar-refractivity contribution in [2.75, 3.05) is 13.2 Å². The van der Waals surface area contributed by atoms with Crippen molar-refractivity contribution in [3.8, 4) is 0 Å². The Morgan fingerprint density at radius 2 is 0.793 bits per heavy atom. The summed E-state index contributed by atoms with van der Waals surface area (Å²) in [6.45, 7) is 6.27. The van der Waals surface area contributed by atoms with Crippen molar-refractivity contribution in [1.29, 1.82) is 0 Å². The van der Waals surface area contributed by atoms with Crippen LogP contribution in [0.25, 0.3) is 0 Å². The summed E-state index contributed by atoms with van der Waals surface area (Å²) < 4.78 is 16.6. The standard InChI is InChI=1S/C52H84O6/c1-4-7-10-13-16-19-22-24-25-26-28-30-33-36-39-42-45-51(54)57-48-49(47-56-50(53)44-41-38-35-32-29-21-18-15-12-9-6-3)58-52(55)46-43-40-37-34-31-27-23-20-17-14-11-8-5-2/h7-8,10-11,14,16-17,19-20,23-25,28,30,36,39,49H,4-6,9,12-13,15,18,21-22,26-27,29,31-35,37-38,40-48H2,1-3H3/b10-7-,11-8-,17-14-,19-16-,23-20-,25-24-,30-28-,39-36-. The van der Waals surface area contributed by atoms with Gasteiger partial charge in [0.2, 0.25) is 0 Å². The van der Waals surface area contributed by atoms with Gasteiger partial charge in [0.05, 0.1) is 0 Å². The minimum atomic E-state index is -0.815. The zero-order valence-electron chi connectivity index (χ0n) is 37.3. The minimum Gasteiger partial charge on any atom is -0.462 e. The Kier molecular flexibility index (Phi) is 43.1. The fourth-order valence-electron chi connectivity index (χ4n) is 5.96. The second kappa shape index (κ2) is 46.0. The molecule has 0 saturated carbocycles. The first-order chi connectivity index (χ1) is 28.5. The Morgan fingerprint density at radius 3 is 1.31 bits per heavy atom. The van der Waals surface area contributed by atoms with Crippen LogP contribution in [0.4, 0.5) is 0 Å². The number of ether oxygens (including phenoxy) is 3. The molecule has 0 spiro atoms. The van der Waals surface area contributed by atoms with Gasteiger partial charge in [-0.25, -0.2) is 0 Å². The van der Waals surface area contributed by atoms with E-state index in [0.29, 0.717) is 12.8 Å². The molecule has 0 heterocycles. The highest BCUT2D eigenvalue weighted by atomic mass is 16.6. The molecule has 328 valence electrons. The Labute approximate surface area is 356 Å². The monoisotopic (exact) mass is 805 g/mol. The predicted molar refractivity (Wildman–Crippen MR) is 247 cm³/mol. The fourth-order valence-corrected chi connectivity index (χ4v) is 5.96. The molecule has 0 bridgehead atoms. The number of hydrogen-bond donors (Lipinski definition) is 0. The van der Waals surface area contributed by atoms with Gasteiger partial charge < -0.3 is 14.2 Å². The first-order valence-corrected chi connectivity index (χ1v) is 23.3. The van der Waals surface area contributed by atoms with Crippen LogP contribution in [0.1, 0.15) is 194 Å². The summed E-state index contributed by atoms with van der Waals surface area (Å²) in [6, 6.07) is 0. The molecule has 0 aromatic carbocycles. The lowest BCUT2D eigenvalue weighted by Gasteiger charge is -2.18. The molecule has 0 aromatic rings. The summed E-state index contributed by atoms with van der Waals surface area (Å²) in [5.74, 6) is -1.03. The number of unbranched alkanes of at least 4 members (excludes halogenated alkanes) is 15. The fraction of sp³-hybridized carbons (Fsp3) is 0.635. The molecular formula is C52H84O6. The average Bonchev–Trinajstić information content (AvgIpc) is 3.22. The van der Waals surface area contributed by atoms with E-state index in [1.807, 2.05) is 18.2 Å². The third kappa shape index (κ3) is 43.5.